The van der Waals surface area contributed by atoms with Crippen LogP contribution < -0.4 is 10.6 Å². The molecule has 8 heteroatoms. The lowest BCUT2D eigenvalue weighted by Crippen LogP contribution is -2.49. The molecule has 2 rings (SSSR count). The van der Waals surface area contributed by atoms with Crippen molar-refractivity contribution in [2.75, 3.05) is 34.2 Å². The smallest absolute Gasteiger partial charge is 0.230 e. The molecular weight excluding hydrogens is 471 g/mol. The normalized spacial score (nSPS) is 16.2. The zero-order chi connectivity index (χ0) is 17.6. The Balaban J connectivity index is 0.00000312. The number of aliphatic imine (C=N–C) groups is 1. The van der Waals surface area contributed by atoms with E-state index in [9.17, 15) is 4.79 Å². The molecule has 0 aliphatic heterocycles. The summed E-state index contributed by atoms with van der Waals surface area (Å²) < 4.78 is 0.817. The maximum absolute atomic E-state index is 12.6. The fourth-order valence-corrected chi connectivity index (χ4v) is 4.34. The molecule has 0 bridgehead atoms. The van der Waals surface area contributed by atoms with Crippen LogP contribution in [0, 0.1) is 5.41 Å². The Morgan fingerprint density at radius 2 is 2.00 bits per heavy atom. The summed E-state index contributed by atoms with van der Waals surface area (Å²) in [7, 11) is 5.43. The quantitative estimate of drug-likeness (QED) is 0.359. The summed E-state index contributed by atoms with van der Waals surface area (Å²) in [5.41, 5.74) is -0.289. The van der Waals surface area contributed by atoms with Crippen LogP contribution in [0.15, 0.2) is 17.1 Å². The van der Waals surface area contributed by atoms with Gasteiger partial charge in [0.15, 0.2) is 5.96 Å². The fraction of sp³-hybridized carbons (Fsp3) is 0.647. The molecule has 1 saturated carbocycles. The summed E-state index contributed by atoms with van der Waals surface area (Å²) in [5.74, 6) is 0.965. The summed E-state index contributed by atoms with van der Waals surface area (Å²) >= 11 is 7.55. The third-order valence-electron chi connectivity index (χ3n) is 4.53. The van der Waals surface area contributed by atoms with Crippen LogP contribution in [-0.4, -0.2) is 51.0 Å². The molecule has 0 unspecified atom stereocenters. The lowest BCUT2D eigenvalue weighted by Gasteiger charge is -2.31. The van der Waals surface area contributed by atoms with Gasteiger partial charge in [-0.1, -0.05) is 24.4 Å². The number of nitrogens with zero attached hydrogens (tertiary/aromatic N) is 2. The molecule has 1 heterocycles. The summed E-state index contributed by atoms with van der Waals surface area (Å²) in [6.45, 7) is 1.42. The molecule has 1 amide bonds. The molecule has 1 fully saturated rings. The lowest BCUT2D eigenvalue weighted by atomic mass is 9.84. The number of thiophene rings is 1. The highest BCUT2D eigenvalue weighted by molar-refractivity contribution is 14.0. The second-order valence-corrected chi connectivity index (χ2v) is 8.30. The molecule has 1 aliphatic carbocycles. The number of amides is 1. The number of nitrogens with one attached hydrogen (secondary N) is 2. The predicted octanol–water partition coefficient (Wildman–Crippen LogP) is 3.38. The van der Waals surface area contributed by atoms with E-state index in [-0.39, 0.29) is 35.3 Å². The van der Waals surface area contributed by atoms with E-state index >= 15 is 0 Å². The zero-order valence-corrected chi connectivity index (χ0v) is 19.0. The van der Waals surface area contributed by atoms with Gasteiger partial charge in [0.2, 0.25) is 5.91 Å². The van der Waals surface area contributed by atoms with Crippen molar-refractivity contribution in [2.45, 2.75) is 32.1 Å². The molecule has 1 aromatic rings. The van der Waals surface area contributed by atoms with Crippen molar-refractivity contribution in [3.05, 3.63) is 21.3 Å². The van der Waals surface area contributed by atoms with E-state index in [0.717, 1.165) is 48.9 Å². The van der Waals surface area contributed by atoms with Gasteiger partial charge >= 0.3 is 0 Å². The molecule has 142 valence electrons. The Kier molecular flexibility index (Phi) is 9.51. The molecule has 25 heavy (non-hydrogen) atoms. The first-order valence-corrected chi connectivity index (χ1v) is 9.57. The molecule has 0 aromatic carbocycles. The minimum absolute atomic E-state index is 0. The first kappa shape index (κ1) is 22.5. The summed E-state index contributed by atoms with van der Waals surface area (Å²) in [5, 5.41) is 6.66. The van der Waals surface area contributed by atoms with Gasteiger partial charge in [-0.15, -0.1) is 35.3 Å². The van der Waals surface area contributed by atoms with Gasteiger partial charge in [-0.3, -0.25) is 9.79 Å². The third kappa shape index (κ3) is 6.29. The van der Waals surface area contributed by atoms with Gasteiger partial charge in [-0.25, -0.2) is 0 Å². The zero-order valence-electron chi connectivity index (χ0n) is 15.1. The number of carbonyl (C=O) groups excluding carboxylic acids is 1. The van der Waals surface area contributed by atoms with Crippen LogP contribution in [0.25, 0.3) is 0 Å². The van der Waals surface area contributed by atoms with Gasteiger partial charge < -0.3 is 15.5 Å². The number of hydrogen-bond acceptors (Lipinski definition) is 3. The van der Waals surface area contributed by atoms with Crippen LogP contribution >= 0.6 is 46.9 Å². The third-order valence-corrected chi connectivity index (χ3v) is 5.82. The van der Waals surface area contributed by atoms with Crippen LogP contribution in [0.2, 0.25) is 4.34 Å². The summed E-state index contributed by atoms with van der Waals surface area (Å²) in [6, 6.07) is 3.97. The maximum atomic E-state index is 12.6. The molecular formula is C17H28ClIN4OS. The van der Waals surface area contributed by atoms with Gasteiger partial charge in [0.05, 0.1) is 9.75 Å². The highest BCUT2D eigenvalue weighted by Gasteiger charge is 2.42. The SMILES string of the molecule is CN=C(NCCc1ccc(Cl)s1)NCC1(C(=O)N(C)C)CCCC1.I. The van der Waals surface area contributed by atoms with Crippen molar-refractivity contribution in [2.24, 2.45) is 10.4 Å². The number of carbonyl (C=O) groups is 1. The fourth-order valence-electron chi connectivity index (χ4n) is 3.26. The van der Waals surface area contributed by atoms with Crippen LogP contribution in [0.5, 0.6) is 0 Å². The van der Waals surface area contributed by atoms with Crippen molar-refractivity contribution in [1.29, 1.82) is 0 Å². The Bertz CT molecular complexity index is 585. The van der Waals surface area contributed by atoms with Crippen molar-refractivity contribution < 1.29 is 4.79 Å². The summed E-state index contributed by atoms with van der Waals surface area (Å²) in [4.78, 5) is 19.8. The molecule has 0 spiro atoms. The number of rotatable bonds is 6. The van der Waals surface area contributed by atoms with Crippen molar-refractivity contribution in [3.63, 3.8) is 0 Å². The molecule has 1 aromatic heterocycles. The Morgan fingerprint density at radius 1 is 1.32 bits per heavy atom. The Hall–Kier alpha value is -0.540. The topological polar surface area (TPSA) is 56.7 Å². The van der Waals surface area contributed by atoms with Gasteiger partial charge in [-0.2, -0.15) is 0 Å². The Labute approximate surface area is 176 Å². The lowest BCUT2D eigenvalue weighted by molar-refractivity contribution is -0.138. The van der Waals surface area contributed by atoms with E-state index in [2.05, 4.69) is 15.6 Å². The number of hydrogen-bond donors (Lipinski definition) is 2. The van der Waals surface area contributed by atoms with E-state index in [4.69, 9.17) is 11.6 Å². The number of halogens is 2. The van der Waals surface area contributed by atoms with E-state index in [1.165, 1.54) is 4.88 Å². The molecule has 1 aliphatic rings. The van der Waals surface area contributed by atoms with Crippen molar-refractivity contribution >= 4 is 58.8 Å². The van der Waals surface area contributed by atoms with Gasteiger partial charge in [-0.05, 0) is 31.4 Å². The van der Waals surface area contributed by atoms with E-state index in [1.807, 2.05) is 26.2 Å². The molecule has 5 nitrogen and oxygen atoms in total. The van der Waals surface area contributed by atoms with Crippen LogP contribution in [-0.2, 0) is 11.2 Å². The first-order chi connectivity index (χ1) is 11.5. The van der Waals surface area contributed by atoms with Crippen molar-refractivity contribution in [1.82, 2.24) is 15.5 Å². The summed E-state index contributed by atoms with van der Waals surface area (Å²) in [6.07, 6.45) is 5.03. The van der Waals surface area contributed by atoms with Crippen LogP contribution in [0.1, 0.15) is 30.6 Å². The molecule has 0 saturated heterocycles. The maximum Gasteiger partial charge on any atom is 0.230 e. The first-order valence-electron chi connectivity index (χ1n) is 8.37. The van der Waals surface area contributed by atoms with Gasteiger partial charge in [0.1, 0.15) is 0 Å². The van der Waals surface area contributed by atoms with Gasteiger partial charge in [0.25, 0.3) is 0 Å². The second-order valence-electron chi connectivity index (χ2n) is 6.50. The largest absolute Gasteiger partial charge is 0.356 e. The molecule has 0 atom stereocenters. The monoisotopic (exact) mass is 498 g/mol. The minimum Gasteiger partial charge on any atom is -0.356 e. The second kappa shape index (κ2) is 10.6. The van der Waals surface area contributed by atoms with E-state index in [1.54, 1.807) is 23.3 Å². The number of guanidine groups is 1. The highest BCUT2D eigenvalue weighted by Crippen LogP contribution is 2.38. The van der Waals surface area contributed by atoms with E-state index < -0.39 is 0 Å². The minimum atomic E-state index is -0.289. The molecule has 2 N–H and O–H groups in total. The average molecular weight is 499 g/mol. The Morgan fingerprint density at radius 3 is 2.52 bits per heavy atom. The standard InChI is InChI=1S/C17H27ClN4OS.HI/c1-19-16(20-11-8-13-6-7-14(18)24-13)21-12-17(9-4-5-10-17)15(23)22(2)3;/h6-7H,4-5,8-12H2,1-3H3,(H2,19,20,21);1H. The van der Waals surface area contributed by atoms with Crippen molar-refractivity contribution in [3.8, 4) is 0 Å². The predicted molar refractivity (Wildman–Crippen MR) is 117 cm³/mol. The van der Waals surface area contributed by atoms with E-state index in [0.29, 0.717) is 6.54 Å². The average Bonchev–Trinajstić information content (AvgIpc) is 3.19. The highest BCUT2D eigenvalue weighted by atomic mass is 127. The molecule has 0 radical (unpaired) electrons. The van der Waals surface area contributed by atoms with Crippen LogP contribution in [0.4, 0.5) is 0 Å². The van der Waals surface area contributed by atoms with Crippen LogP contribution in [0.3, 0.4) is 0 Å². The van der Waals surface area contributed by atoms with Gasteiger partial charge in [0, 0.05) is 39.1 Å².